The molecule has 1 aromatic heterocycles. The maximum Gasteiger partial charge on any atom is 0.151 e. The van der Waals surface area contributed by atoms with Gasteiger partial charge < -0.3 is 5.32 Å². The van der Waals surface area contributed by atoms with Crippen molar-refractivity contribution in [3.05, 3.63) is 17.3 Å². The van der Waals surface area contributed by atoms with Crippen LogP contribution in [0.4, 0.5) is 5.82 Å². The Kier molecular flexibility index (Phi) is 2.35. The normalized spacial score (nSPS) is 24.1. The van der Waals surface area contributed by atoms with Crippen LogP contribution in [0.5, 0.6) is 0 Å². The molecule has 0 aromatic carbocycles. The average Bonchev–Trinajstić information content (AvgIpc) is 2.15. The monoisotopic (exact) mass is 211 g/mol. The van der Waals surface area contributed by atoms with Crippen LogP contribution < -0.4 is 5.32 Å². The molecule has 0 spiro atoms. The van der Waals surface area contributed by atoms with Crippen molar-refractivity contribution in [3.8, 4) is 0 Å². The molecule has 1 aliphatic carbocycles. The third kappa shape index (κ3) is 1.82. The van der Waals surface area contributed by atoms with E-state index in [9.17, 15) is 0 Å². The first-order valence-electron chi connectivity index (χ1n) is 4.84. The Bertz CT molecular complexity index is 321. The van der Waals surface area contributed by atoms with E-state index in [0.29, 0.717) is 16.6 Å². The Balaban J connectivity index is 2.01. The molecule has 1 aliphatic rings. The Morgan fingerprint density at radius 2 is 2.21 bits per heavy atom. The third-order valence-corrected chi connectivity index (χ3v) is 3.18. The molecule has 1 aromatic rings. The van der Waals surface area contributed by atoms with Crippen LogP contribution >= 0.6 is 11.6 Å². The highest BCUT2D eigenvalue weighted by atomic mass is 35.5. The average molecular weight is 212 g/mol. The van der Waals surface area contributed by atoms with Crippen LogP contribution in [0.1, 0.15) is 26.7 Å². The number of nitrogens with zero attached hydrogens (tertiary/aromatic N) is 2. The predicted octanol–water partition coefficient (Wildman–Crippen LogP) is 2.73. The van der Waals surface area contributed by atoms with Gasteiger partial charge in [0.05, 0.1) is 0 Å². The van der Waals surface area contributed by atoms with Crippen LogP contribution in [-0.2, 0) is 0 Å². The summed E-state index contributed by atoms with van der Waals surface area (Å²) in [6.07, 6.45) is 2.48. The highest BCUT2D eigenvalue weighted by Crippen LogP contribution is 2.41. The Morgan fingerprint density at radius 3 is 2.64 bits per heavy atom. The third-order valence-electron chi connectivity index (χ3n) is 2.97. The first-order chi connectivity index (χ1) is 6.58. The smallest absolute Gasteiger partial charge is 0.151 e. The number of halogens is 1. The van der Waals surface area contributed by atoms with Crippen LogP contribution in [0.2, 0.25) is 5.15 Å². The number of hydrogen-bond acceptors (Lipinski definition) is 3. The van der Waals surface area contributed by atoms with Crippen LogP contribution in [0.25, 0.3) is 0 Å². The van der Waals surface area contributed by atoms with Crippen molar-refractivity contribution in [2.75, 3.05) is 5.32 Å². The van der Waals surface area contributed by atoms with Gasteiger partial charge in [-0.25, -0.2) is 0 Å². The van der Waals surface area contributed by atoms with Gasteiger partial charge in [-0.3, -0.25) is 0 Å². The summed E-state index contributed by atoms with van der Waals surface area (Å²) in [5.74, 6) is 0.812. The van der Waals surface area contributed by atoms with Crippen molar-refractivity contribution in [3.63, 3.8) is 0 Å². The Labute approximate surface area is 88.9 Å². The summed E-state index contributed by atoms with van der Waals surface area (Å²) >= 11 is 5.65. The standard InChI is InChI=1S/C10H14ClN3/c1-10(2)6-5-7(10)12-9-4-3-8(11)13-14-9/h3-4,7H,5-6H2,1-2H3,(H,12,14). The minimum Gasteiger partial charge on any atom is -0.365 e. The fourth-order valence-corrected chi connectivity index (χ4v) is 1.81. The zero-order chi connectivity index (χ0) is 10.2. The van der Waals surface area contributed by atoms with Crippen LogP contribution in [0, 0.1) is 5.41 Å². The van der Waals surface area contributed by atoms with E-state index in [2.05, 4.69) is 29.4 Å². The number of nitrogens with one attached hydrogen (secondary N) is 1. The van der Waals surface area contributed by atoms with E-state index >= 15 is 0 Å². The van der Waals surface area contributed by atoms with Crippen molar-refractivity contribution in [1.29, 1.82) is 0 Å². The van der Waals surface area contributed by atoms with Gasteiger partial charge in [-0.15, -0.1) is 10.2 Å². The second-order valence-corrected chi connectivity index (χ2v) is 4.85. The summed E-state index contributed by atoms with van der Waals surface area (Å²) in [7, 11) is 0. The molecule has 14 heavy (non-hydrogen) atoms. The van der Waals surface area contributed by atoms with E-state index in [1.54, 1.807) is 6.07 Å². The first kappa shape index (κ1) is 9.71. The summed E-state index contributed by atoms with van der Waals surface area (Å²) in [6.45, 7) is 4.52. The van der Waals surface area contributed by atoms with Gasteiger partial charge in [0.25, 0.3) is 0 Å². The van der Waals surface area contributed by atoms with Gasteiger partial charge in [0, 0.05) is 6.04 Å². The maximum atomic E-state index is 5.65. The molecule has 1 saturated carbocycles. The van der Waals surface area contributed by atoms with Crippen molar-refractivity contribution < 1.29 is 0 Å². The quantitative estimate of drug-likeness (QED) is 0.818. The molecule has 3 nitrogen and oxygen atoms in total. The first-order valence-corrected chi connectivity index (χ1v) is 5.21. The lowest BCUT2D eigenvalue weighted by atomic mass is 9.67. The Hall–Kier alpha value is -0.830. The van der Waals surface area contributed by atoms with E-state index < -0.39 is 0 Å². The fourth-order valence-electron chi connectivity index (χ4n) is 1.71. The van der Waals surface area contributed by atoms with E-state index in [0.717, 1.165) is 5.82 Å². The molecule has 1 heterocycles. The lowest BCUT2D eigenvalue weighted by molar-refractivity contribution is 0.159. The lowest BCUT2D eigenvalue weighted by Crippen LogP contribution is -2.45. The summed E-state index contributed by atoms with van der Waals surface area (Å²) < 4.78 is 0. The fraction of sp³-hybridized carbons (Fsp3) is 0.600. The lowest BCUT2D eigenvalue weighted by Gasteiger charge is -2.44. The number of anilines is 1. The largest absolute Gasteiger partial charge is 0.365 e. The van der Waals surface area contributed by atoms with Gasteiger partial charge in [0.2, 0.25) is 0 Å². The van der Waals surface area contributed by atoms with Crippen molar-refractivity contribution in [2.45, 2.75) is 32.7 Å². The van der Waals surface area contributed by atoms with Gasteiger partial charge in [-0.05, 0) is 30.4 Å². The Morgan fingerprint density at radius 1 is 1.43 bits per heavy atom. The zero-order valence-corrected chi connectivity index (χ0v) is 9.17. The van der Waals surface area contributed by atoms with Gasteiger partial charge in [0.15, 0.2) is 5.15 Å². The number of rotatable bonds is 2. The molecule has 1 atom stereocenters. The summed E-state index contributed by atoms with van der Waals surface area (Å²) in [5, 5.41) is 11.6. The topological polar surface area (TPSA) is 37.8 Å². The molecule has 2 rings (SSSR count). The minimum atomic E-state index is 0.376. The maximum absolute atomic E-state index is 5.65. The highest BCUT2D eigenvalue weighted by Gasteiger charge is 2.38. The molecule has 4 heteroatoms. The van der Waals surface area contributed by atoms with Crippen LogP contribution in [0.15, 0.2) is 12.1 Å². The second kappa shape index (κ2) is 3.39. The zero-order valence-electron chi connectivity index (χ0n) is 8.42. The van der Waals surface area contributed by atoms with Crippen LogP contribution in [0.3, 0.4) is 0 Å². The van der Waals surface area contributed by atoms with Gasteiger partial charge >= 0.3 is 0 Å². The molecule has 0 aliphatic heterocycles. The molecule has 1 unspecified atom stereocenters. The number of hydrogen-bond donors (Lipinski definition) is 1. The van der Waals surface area contributed by atoms with E-state index in [1.807, 2.05) is 6.07 Å². The van der Waals surface area contributed by atoms with Gasteiger partial charge in [-0.1, -0.05) is 25.4 Å². The summed E-state index contributed by atoms with van der Waals surface area (Å²) in [5.41, 5.74) is 0.376. The van der Waals surface area contributed by atoms with Crippen molar-refractivity contribution in [2.24, 2.45) is 5.41 Å². The van der Waals surface area contributed by atoms with E-state index in [1.165, 1.54) is 12.8 Å². The van der Waals surface area contributed by atoms with Crippen molar-refractivity contribution in [1.82, 2.24) is 10.2 Å². The van der Waals surface area contributed by atoms with E-state index in [-0.39, 0.29) is 0 Å². The minimum absolute atomic E-state index is 0.376. The molecule has 0 saturated heterocycles. The molecule has 76 valence electrons. The molecule has 0 bridgehead atoms. The molecule has 0 radical (unpaired) electrons. The molecule has 1 N–H and O–H groups in total. The molecular formula is C10H14ClN3. The SMILES string of the molecule is CC1(C)CCC1Nc1ccc(Cl)nn1. The number of aromatic nitrogens is 2. The second-order valence-electron chi connectivity index (χ2n) is 4.47. The molecule has 1 fully saturated rings. The molecular weight excluding hydrogens is 198 g/mol. The van der Waals surface area contributed by atoms with Crippen LogP contribution in [-0.4, -0.2) is 16.2 Å². The van der Waals surface area contributed by atoms with Crippen molar-refractivity contribution >= 4 is 17.4 Å². The summed E-state index contributed by atoms with van der Waals surface area (Å²) in [6, 6.07) is 4.13. The predicted molar refractivity (Wildman–Crippen MR) is 57.5 cm³/mol. The van der Waals surface area contributed by atoms with Gasteiger partial charge in [0.1, 0.15) is 5.82 Å². The molecule has 0 amide bonds. The highest BCUT2D eigenvalue weighted by molar-refractivity contribution is 6.29. The van der Waals surface area contributed by atoms with Gasteiger partial charge in [-0.2, -0.15) is 0 Å². The van der Waals surface area contributed by atoms with E-state index in [4.69, 9.17) is 11.6 Å². The summed E-state index contributed by atoms with van der Waals surface area (Å²) in [4.78, 5) is 0.